The van der Waals surface area contributed by atoms with E-state index in [1.54, 1.807) is 32.9 Å². The molecule has 0 aromatic carbocycles. The van der Waals surface area contributed by atoms with Crippen LogP contribution in [0.1, 0.15) is 39.0 Å². The Hall–Kier alpha value is -1.33. The molecule has 1 atom stereocenters. The third kappa shape index (κ3) is 6.40. The van der Waals surface area contributed by atoms with Gasteiger partial charge in [0.1, 0.15) is 5.60 Å². The van der Waals surface area contributed by atoms with Crippen LogP contribution in [-0.2, 0) is 4.74 Å². The number of aliphatic hydroxyl groups is 1. The number of carbonyl (C=O) groups excluding carboxylic acids is 1. The van der Waals surface area contributed by atoms with Crippen LogP contribution in [0, 0.1) is 0 Å². The zero-order valence-electron chi connectivity index (χ0n) is 11.3. The normalized spacial score (nSPS) is 12.9. The maximum atomic E-state index is 11.4. The SMILES string of the molecule is CC(C)(C)OC(=O)NCCC(O)c1cc(Cl)ccn1. The number of aromatic nitrogens is 1. The number of nitrogens with one attached hydrogen (secondary N) is 1. The van der Waals surface area contributed by atoms with Crippen molar-refractivity contribution >= 4 is 17.7 Å². The highest BCUT2D eigenvalue weighted by Crippen LogP contribution is 2.17. The molecule has 5 nitrogen and oxygen atoms in total. The van der Waals surface area contributed by atoms with E-state index in [1.807, 2.05) is 0 Å². The number of nitrogens with zero attached hydrogens (tertiary/aromatic N) is 1. The van der Waals surface area contributed by atoms with E-state index in [-0.39, 0.29) is 0 Å². The summed E-state index contributed by atoms with van der Waals surface area (Å²) in [6.07, 6.45) is 0.599. The summed E-state index contributed by atoms with van der Waals surface area (Å²) >= 11 is 5.81. The van der Waals surface area contributed by atoms with Crippen molar-refractivity contribution < 1.29 is 14.6 Å². The lowest BCUT2D eigenvalue weighted by Crippen LogP contribution is -2.33. The fourth-order valence-electron chi connectivity index (χ4n) is 1.38. The summed E-state index contributed by atoms with van der Waals surface area (Å²) in [7, 11) is 0. The first kappa shape index (κ1) is 15.7. The quantitative estimate of drug-likeness (QED) is 0.893. The largest absolute Gasteiger partial charge is 0.444 e. The molecule has 1 unspecified atom stereocenters. The molecule has 1 aromatic heterocycles. The Kier molecular flexibility index (Phi) is 5.57. The van der Waals surface area contributed by atoms with Crippen molar-refractivity contribution in [1.82, 2.24) is 10.3 Å². The number of aliphatic hydroxyl groups excluding tert-OH is 1. The number of alkyl carbamates (subject to hydrolysis) is 1. The molecule has 1 rings (SSSR count). The summed E-state index contributed by atoms with van der Waals surface area (Å²) in [5, 5.41) is 13.0. The predicted octanol–water partition coefficient (Wildman–Crippen LogP) is 2.68. The maximum absolute atomic E-state index is 11.4. The summed E-state index contributed by atoms with van der Waals surface area (Å²) < 4.78 is 5.08. The Balaban J connectivity index is 2.35. The number of halogens is 1. The fraction of sp³-hybridized carbons (Fsp3) is 0.538. The highest BCUT2D eigenvalue weighted by Gasteiger charge is 2.16. The summed E-state index contributed by atoms with van der Waals surface area (Å²) in [6.45, 7) is 5.66. The maximum Gasteiger partial charge on any atom is 0.407 e. The number of ether oxygens (including phenoxy) is 1. The van der Waals surface area contributed by atoms with Gasteiger partial charge >= 0.3 is 6.09 Å². The van der Waals surface area contributed by atoms with Crippen molar-refractivity contribution in [2.45, 2.75) is 38.9 Å². The Bertz CT molecular complexity index is 432. The van der Waals surface area contributed by atoms with E-state index in [4.69, 9.17) is 16.3 Å². The highest BCUT2D eigenvalue weighted by molar-refractivity contribution is 6.30. The van der Waals surface area contributed by atoms with Crippen molar-refractivity contribution in [2.24, 2.45) is 0 Å². The minimum atomic E-state index is -0.770. The van der Waals surface area contributed by atoms with Gasteiger partial charge < -0.3 is 15.2 Å². The summed E-state index contributed by atoms with van der Waals surface area (Å²) in [5.74, 6) is 0. The Morgan fingerprint density at radius 1 is 1.58 bits per heavy atom. The van der Waals surface area contributed by atoms with E-state index < -0.39 is 17.8 Å². The summed E-state index contributed by atoms with van der Waals surface area (Å²) in [4.78, 5) is 15.4. The molecular weight excluding hydrogens is 268 g/mol. The fourth-order valence-corrected chi connectivity index (χ4v) is 1.54. The molecule has 0 bridgehead atoms. The smallest absolute Gasteiger partial charge is 0.407 e. The molecule has 0 spiro atoms. The first-order valence-corrected chi connectivity index (χ1v) is 6.42. The van der Waals surface area contributed by atoms with E-state index in [0.29, 0.717) is 23.7 Å². The van der Waals surface area contributed by atoms with Gasteiger partial charge in [-0.1, -0.05) is 11.6 Å². The van der Waals surface area contributed by atoms with Gasteiger partial charge in [-0.3, -0.25) is 4.98 Å². The van der Waals surface area contributed by atoms with Crippen LogP contribution >= 0.6 is 11.6 Å². The van der Waals surface area contributed by atoms with Gasteiger partial charge in [0.15, 0.2) is 0 Å². The van der Waals surface area contributed by atoms with Gasteiger partial charge in [0.05, 0.1) is 11.8 Å². The van der Waals surface area contributed by atoms with E-state index >= 15 is 0 Å². The van der Waals surface area contributed by atoms with Crippen molar-refractivity contribution in [3.8, 4) is 0 Å². The number of amides is 1. The number of hydrogen-bond acceptors (Lipinski definition) is 4. The minimum absolute atomic E-state index is 0.296. The van der Waals surface area contributed by atoms with Crippen molar-refractivity contribution in [1.29, 1.82) is 0 Å². The lowest BCUT2D eigenvalue weighted by Gasteiger charge is -2.20. The first-order chi connectivity index (χ1) is 8.78. The molecular formula is C13H19ClN2O3. The lowest BCUT2D eigenvalue weighted by molar-refractivity contribution is 0.0518. The molecule has 1 amide bonds. The van der Waals surface area contributed by atoms with E-state index in [0.717, 1.165) is 0 Å². The summed E-state index contributed by atoms with van der Waals surface area (Å²) in [5.41, 5.74) is -0.0458. The summed E-state index contributed by atoms with van der Waals surface area (Å²) in [6, 6.07) is 3.23. The minimum Gasteiger partial charge on any atom is -0.444 e. The highest BCUT2D eigenvalue weighted by atomic mass is 35.5. The van der Waals surface area contributed by atoms with Crippen LogP contribution in [0.4, 0.5) is 4.79 Å². The van der Waals surface area contributed by atoms with Gasteiger partial charge in [0.25, 0.3) is 0 Å². The number of carbonyl (C=O) groups is 1. The second-order valence-corrected chi connectivity index (χ2v) is 5.57. The zero-order valence-corrected chi connectivity index (χ0v) is 12.1. The third-order valence-electron chi connectivity index (χ3n) is 2.17. The molecule has 6 heteroatoms. The van der Waals surface area contributed by atoms with Crippen LogP contribution in [0.15, 0.2) is 18.3 Å². The average Bonchev–Trinajstić information content (AvgIpc) is 2.26. The number of pyridine rings is 1. The molecule has 106 valence electrons. The lowest BCUT2D eigenvalue weighted by atomic mass is 10.1. The topological polar surface area (TPSA) is 71.5 Å². The van der Waals surface area contributed by atoms with Crippen LogP contribution in [0.3, 0.4) is 0 Å². The Labute approximate surface area is 117 Å². The zero-order chi connectivity index (χ0) is 14.5. The molecule has 1 aromatic rings. The average molecular weight is 287 g/mol. The molecule has 0 fully saturated rings. The van der Waals surface area contributed by atoms with E-state index in [2.05, 4.69) is 10.3 Å². The monoisotopic (exact) mass is 286 g/mol. The van der Waals surface area contributed by atoms with Crippen LogP contribution in [0.2, 0.25) is 5.02 Å². The Morgan fingerprint density at radius 2 is 2.26 bits per heavy atom. The van der Waals surface area contributed by atoms with Gasteiger partial charge in [-0.15, -0.1) is 0 Å². The molecule has 0 saturated carbocycles. The molecule has 0 saturated heterocycles. The van der Waals surface area contributed by atoms with Crippen molar-refractivity contribution in [2.75, 3.05) is 6.54 Å². The number of rotatable bonds is 4. The molecule has 0 radical (unpaired) electrons. The van der Waals surface area contributed by atoms with Crippen molar-refractivity contribution in [3.05, 3.63) is 29.0 Å². The standard InChI is InChI=1S/C13H19ClN2O3/c1-13(2,3)19-12(18)16-7-5-11(17)10-8-9(14)4-6-15-10/h4,6,8,11,17H,5,7H2,1-3H3,(H,16,18). The molecule has 0 aliphatic rings. The molecule has 19 heavy (non-hydrogen) atoms. The van der Waals surface area contributed by atoms with Gasteiger partial charge in [-0.25, -0.2) is 4.79 Å². The predicted molar refractivity (Wildman–Crippen MR) is 73.1 cm³/mol. The van der Waals surface area contributed by atoms with Gasteiger partial charge in [-0.2, -0.15) is 0 Å². The molecule has 2 N–H and O–H groups in total. The molecule has 0 aliphatic heterocycles. The van der Waals surface area contributed by atoms with Gasteiger partial charge in [0.2, 0.25) is 0 Å². The Morgan fingerprint density at radius 3 is 2.84 bits per heavy atom. The second-order valence-electron chi connectivity index (χ2n) is 5.13. The molecule has 1 heterocycles. The first-order valence-electron chi connectivity index (χ1n) is 6.04. The molecule has 0 aliphatic carbocycles. The van der Waals surface area contributed by atoms with Crippen LogP contribution in [0.25, 0.3) is 0 Å². The van der Waals surface area contributed by atoms with Gasteiger partial charge in [0, 0.05) is 17.8 Å². The second kappa shape index (κ2) is 6.73. The van der Waals surface area contributed by atoms with Crippen molar-refractivity contribution in [3.63, 3.8) is 0 Å². The number of hydrogen-bond donors (Lipinski definition) is 2. The van der Waals surface area contributed by atoms with Crippen LogP contribution in [-0.4, -0.2) is 28.3 Å². The van der Waals surface area contributed by atoms with E-state index in [1.165, 1.54) is 6.20 Å². The van der Waals surface area contributed by atoms with Crippen LogP contribution in [0.5, 0.6) is 0 Å². The third-order valence-corrected chi connectivity index (χ3v) is 2.41. The van der Waals surface area contributed by atoms with Gasteiger partial charge in [-0.05, 0) is 39.3 Å². The van der Waals surface area contributed by atoms with E-state index in [9.17, 15) is 9.90 Å². The van der Waals surface area contributed by atoms with Crippen LogP contribution < -0.4 is 5.32 Å².